The maximum atomic E-state index is 14.1. The van der Waals surface area contributed by atoms with Crippen molar-refractivity contribution >= 4 is 23.2 Å². The molecule has 0 saturated heterocycles. The number of hydrogen-bond acceptors (Lipinski definition) is 10. The Labute approximate surface area is 256 Å². The molecular formula is C33H41N3O8. The summed E-state index contributed by atoms with van der Waals surface area (Å²) in [6.07, 6.45) is -1.30. The molecule has 11 nitrogen and oxygen atoms in total. The molecule has 7 N–H and O–H groups in total. The number of aliphatic hydroxyl groups excluding tert-OH is 2. The van der Waals surface area contributed by atoms with Gasteiger partial charge < -0.3 is 41.1 Å². The summed E-state index contributed by atoms with van der Waals surface area (Å²) in [4.78, 5) is 41.5. The minimum atomic E-state index is -2.70. The van der Waals surface area contributed by atoms with Crippen molar-refractivity contribution in [3.05, 3.63) is 52.6 Å². The molecule has 2 fully saturated rings. The van der Waals surface area contributed by atoms with Crippen LogP contribution in [0.15, 0.2) is 35.9 Å². The van der Waals surface area contributed by atoms with Gasteiger partial charge in [-0.15, -0.1) is 0 Å². The number of rotatable bonds is 8. The van der Waals surface area contributed by atoms with Crippen LogP contribution < -0.4 is 15.8 Å². The first-order chi connectivity index (χ1) is 20.7. The molecular weight excluding hydrogens is 566 g/mol. The van der Waals surface area contributed by atoms with E-state index >= 15 is 0 Å². The van der Waals surface area contributed by atoms with Crippen molar-refractivity contribution in [2.75, 3.05) is 27.7 Å². The number of ketones is 2. The average molecular weight is 608 g/mol. The summed E-state index contributed by atoms with van der Waals surface area (Å²) >= 11 is 0. The second-order valence-corrected chi connectivity index (χ2v) is 12.8. The Hall–Kier alpha value is -3.77. The lowest BCUT2D eigenvalue weighted by molar-refractivity contribution is -0.184. The molecule has 0 spiro atoms. The number of aromatic hydroxyl groups is 1. The number of amides is 1. The first-order valence-corrected chi connectivity index (χ1v) is 14.9. The largest absolute Gasteiger partial charge is 0.507 e. The molecule has 0 bridgehead atoms. The van der Waals surface area contributed by atoms with Crippen molar-refractivity contribution in [2.24, 2.45) is 29.4 Å². The van der Waals surface area contributed by atoms with Crippen LogP contribution in [0.4, 0.5) is 0 Å². The van der Waals surface area contributed by atoms with Gasteiger partial charge in [0, 0.05) is 29.6 Å². The summed E-state index contributed by atoms with van der Waals surface area (Å²) < 4.78 is 5.69. The van der Waals surface area contributed by atoms with E-state index in [4.69, 9.17) is 10.5 Å². The van der Waals surface area contributed by atoms with E-state index in [0.717, 1.165) is 17.7 Å². The molecule has 0 aliphatic heterocycles. The molecule has 0 aromatic heterocycles. The molecule has 44 heavy (non-hydrogen) atoms. The number of ether oxygens (including phenoxy) is 1. The van der Waals surface area contributed by atoms with E-state index < -0.39 is 58.7 Å². The fourth-order valence-electron chi connectivity index (χ4n) is 7.44. The number of nitrogens with two attached hydrogens (primary N) is 1. The highest BCUT2D eigenvalue weighted by atomic mass is 16.5. The first-order valence-electron chi connectivity index (χ1n) is 14.9. The number of fused-ring (bicyclic) bond motifs is 3. The summed E-state index contributed by atoms with van der Waals surface area (Å²) in [7, 11) is 4.80. The zero-order valence-electron chi connectivity index (χ0n) is 25.6. The third kappa shape index (κ3) is 4.88. The third-order valence-electron chi connectivity index (χ3n) is 9.41. The van der Waals surface area contributed by atoms with E-state index in [1.165, 1.54) is 6.07 Å². The van der Waals surface area contributed by atoms with E-state index in [-0.39, 0.29) is 29.7 Å². The maximum Gasteiger partial charge on any atom is 0.230 e. The van der Waals surface area contributed by atoms with Crippen molar-refractivity contribution in [1.29, 1.82) is 0 Å². The van der Waals surface area contributed by atoms with Gasteiger partial charge in [-0.3, -0.25) is 14.4 Å². The van der Waals surface area contributed by atoms with Crippen LogP contribution >= 0.6 is 0 Å². The van der Waals surface area contributed by atoms with Crippen LogP contribution in [-0.2, 0) is 27.3 Å². The Morgan fingerprint density at radius 2 is 1.86 bits per heavy atom. The molecule has 0 radical (unpaired) electrons. The minimum absolute atomic E-state index is 0.0356. The molecule has 11 heteroatoms. The Balaban J connectivity index is 1.65. The average Bonchev–Trinajstić information content (AvgIpc) is 2.94. The Bertz CT molecular complexity index is 1550. The van der Waals surface area contributed by atoms with Crippen LogP contribution in [0, 0.1) is 23.7 Å². The second kappa shape index (κ2) is 11.6. The van der Waals surface area contributed by atoms with Crippen LogP contribution in [-0.4, -0.2) is 88.3 Å². The lowest BCUT2D eigenvalue weighted by Gasteiger charge is -2.53. The zero-order valence-corrected chi connectivity index (χ0v) is 25.6. The van der Waals surface area contributed by atoms with Gasteiger partial charge in [0.05, 0.1) is 18.8 Å². The van der Waals surface area contributed by atoms with Crippen molar-refractivity contribution in [1.82, 2.24) is 10.2 Å². The highest BCUT2D eigenvalue weighted by molar-refractivity contribution is 6.25. The van der Waals surface area contributed by atoms with Gasteiger partial charge in [-0.1, -0.05) is 26.0 Å². The van der Waals surface area contributed by atoms with Crippen LogP contribution in [0.2, 0.25) is 0 Å². The number of nitrogens with one attached hydrogen (secondary N) is 1. The van der Waals surface area contributed by atoms with Crippen molar-refractivity contribution in [2.45, 2.75) is 51.0 Å². The van der Waals surface area contributed by atoms with Gasteiger partial charge in [0.2, 0.25) is 11.7 Å². The number of carbonyl (C=O) groups excluding carboxylic acids is 3. The summed E-state index contributed by atoms with van der Waals surface area (Å²) in [5, 5.41) is 48.9. The van der Waals surface area contributed by atoms with E-state index in [0.29, 0.717) is 29.3 Å². The van der Waals surface area contributed by atoms with Gasteiger partial charge in [-0.05, 0) is 80.2 Å². The van der Waals surface area contributed by atoms with Gasteiger partial charge in [0.25, 0.3) is 0 Å². The highest BCUT2D eigenvalue weighted by Gasteiger charge is 2.67. The zero-order chi connectivity index (χ0) is 32.2. The second-order valence-electron chi connectivity index (χ2n) is 12.8. The predicted molar refractivity (Wildman–Crippen MR) is 163 cm³/mol. The molecule has 2 aromatic rings. The standard InChI is InChI=1S/C33H41N3O8/c1-15(2)13-35-14-16-6-9-23(44-5)19(10-16)18-7-8-22(37)25-20(18)11-17-12-21-27(36(3)4)29(39)26(32(34)42)31(41)33(21,43)30(40)24(17)28(25)38/h6-10,15,17,21,26-27,29,35,37-39,43H,11-14H2,1-5H3,(H2,34,42)/t17-,21-,26?,27-,29?,33-/m1/s1. The Morgan fingerprint density at radius 3 is 2.48 bits per heavy atom. The molecule has 0 heterocycles. The normalized spacial score (nSPS) is 28.2. The molecule has 3 aliphatic rings. The molecule has 5 rings (SSSR count). The monoisotopic (exact) mass is 607 g/mol. The van der Waals surface area contributed by atoms with Gasteiger partial charge in [-0.25, -0.2) is 0 Å². The Kier molecular flexibility index (Phi) is 8.36. The molecule has 1 amide bonds. The van der Waals surface area contributed by atoms with Gasteiger partial charge in [0.15, 0.2) is 11.4 Å². The number of likely N-dealkylation sites (N-methyl/N-ethyl adjacent to an activating group) is 1. The maximum absolute atomic E-state index is 14.1. The third-order valence-corrected chi connectivity index (χ3v) is 9.41. The number of phenolic OH excluding ortho intramolecular Hbond substituents is 1. The summed E-state index contributed by atoms with van der Waals surface area (Å²) in [5.41, 5.74) is 5.62. The fourth-order valence-corrected chi connectivity index (χ4v) is 7.44. The highest BCUT2D eigenvalue weighted by Crippen LogP contribution is 2.53. The number of carbonyl (C=O) groups is 3. The topological polar surface area (TPSA) is 183 Å². The van der Waals surface area contributed by atoms with Crippen molar-refractivity contribution < 1.29 is 39.5 Å². The number of phenols is 1. The molecule has 236 valence electrons. The van der Waals surface area contributed by atoms with E-state index in [1.807, 2.05) is 18.2 Å². The van der Waals surface area contributed by atoms with Gasteiger partial charge >= 0.3 is 0 Å². The predicted octanol–water partition coefficient (Wildman–Crippen LogP) is 1.55. The number of hydrogen-bond donors (Lipinski definition) is 6. The summed E-state index contributed by atoms with van der Waals surface area (Å²) in [5.74, 6) is -6.67. The molecule has 2 unspecified atom stereocenters. The lowest BCUT2D eigenvalue weighted by atomic mass is 9.54. The molecule has 3 aliphatic carbocycles. The van der Waals surface area contributed by atoms with E-state index in [1.54, 1.807) is 32.2 Å². The number of primary amides is 1. The van der Waals surface area contributed by atoms with Crippen LogP contribution in [0.3, 0.4) is 0 Å². The number of nitrogens with zero attached hydrogens (tertiary/aromatic N) is 1. The lowest BCUT2D eigenvalue weighted by Crippen LogP contribution is -2.73. The minimum Gasteiger partial charge on any atom is -0.507 e. The quantitative estimate of drug-likeness (QED) is 0.241. The van der Waals surface area contributed by atoms with Gasteiger partial charge in [0.1, 0.15) is 23.2 Å². The van der Waals surface area contributed by atoms with Crippen LogP contribution in [0.5, 0.6) is 11.5 Å². The van der Waals surface area contributed by atoms with Crippen molar-refractivity contribution in [3.8, 4) is 22.6 Å². The van der Waals surface area contributed by atoms with Gasteiger partial charge in [-0.2, -0.15) is 0 Å². The fraction of sp³-hybridized carbons (Fsp3) is 0.485. The number of Topliss-reactive ketones (excluding diaryl/α,β-unsaturated/α-hetero) is 2. The smallest absolute Gasteiger partial charge is 0.230 e. The van der Waals surface area contributed by atoms with Crippen LogP contribution in [0.25, 0.3) is 16.9 Å². The van der Waals surface area contributed by atoms with Crippen LogP contribution in [0.1, 0.15) is 37.0 Å². The van der Waals surface area contributed by atoms with Crippen molar-refractivity contribution in [3.63, 3.8) is 0 Å². The number of benzene rings is 2. The van der Waals surface area contributed by atoms with E-state index in [9.17, 15) is 34.8 Å². The van der Waals surface area contributed by atoms with E-state index in [2.05, 4.69) is 19.2 Å². The summed E-state index contributed by atoms with van der Waals surface area (Å²) in [6, 6.07) is 8.02. The Morgan fingerprint density at radius 1 is 1.16 bits per heavy atom. The summed E-state index contributed by atoms with van der Waals surface area (Å²) in [6.45, 7) is 5.71. The molecule has 2 aromatic carbocycles. The number of aliphatic hydroxyl groups is 3. The number of methoxy groups -OCH3 is 1. The first kappa shape index (κ1) is 31.6. The molecule has 6 atom stereocenters. The SMILES string of the molecule is COc1ccc(CNCC(C)C)cc1-c1ccc(O)c2c1C[C@@H]1C[C@@H]3[C@@H](N(C)C)C(O)C(C(N)=O)C(=O)[C@]3(O)C(=O)C1=C2O. The molecule has 2 saturated carbocycles.